The van der Waals surface area contributed by atoms with Crippen LogP contribution >= 0.6 is 11.6 Å². The van der Waals surface area contributed by atoms with E-state index in [0.29, 0.717) is 12.4 Å². The quantitative estimate of drug-likeness (QED) is 0.678. The van der Waals surface area contributed by atoms with Crippen molar-refractivity contribution in [3.8, 4) is 0 Å². The van der Waals surface area contributed by atoms with Crippen molar-refractivity contribution in [2.45, 2.75) is 26.3 Å². The van der Waals surface area contributed by atoms with Gasteiger partial charge in [-0.15, -0.1) is 16.7 Å². The highest BCUT2D eigenvalue weighted by molar-refractivity contribution is 6.17. The molecule has 6 heteroatoms. The standard InChI is InChI=1S/C14H16ClN5/c1-11-4-5-14-16-13(8-19(14)7-11)10-20-9-12(17-18-20)3-2-6-15/h4-5,7-9H,2-3,6,10H2,1H3. The molecule has 0 unspecified atom stereocenters. The third-order valence-corrected chi connectivity index (χ3v) is 3.39. The molecule has 0 radical (unpaired) electrons. The summed E-state index contributed by atoms with van der Waals surface area (Å²) in [6.45, 7) is 2.70. The molecule has 0 aliphatic rings. The predicted molar refractivity (Wildman–Crippen MR) is 78.1 cm³/mol. The van der Waals surface area contributed by atoms with E-state index in [-0.39, 0.29) is 0 Å². The fourth-order valence-electron chi connectivity index (χ4n) is 2.18. The second-order valence-corrected chi connectivity index (χ2v) is 5.28. The van der Waals surface area contributed by atoms with E-state index < -0.39 is 0 Å². The highest BCUT2D eigenvalue weighted by atomic mass is 35.5. The number of aromatic nitrogens is 5. The summed E-state index contributed by atoms with van der Waals surface area (Å²) < 4.78 is 3.86. The number of fused-ring (bicyclic) bond motifs is 1. The first kappa shape index (κ1) is 13.1. The zero-order valence-electron chi connectivity index (χ0n) is 11.3. The number of hydrogen-bond donors (Lipinski definition) is 0. The highest BCUT2D eigenvalue weighted by Gasteiger charge is 2.05. The van der Waals surface area contributed by atoms with Crippen LogP contribution in [0.2, 0.25) is 0 Å². The van der Waals surface area contributed by atoms with Crippen molar-refractivity contribution >= 4 is 17.2 Å². The number of hydrogen-bond acceptors (Lipinski definition) is 3. The Balaban J connectivity index is 1.76. The first-order valence-electron chi connectivity index (χ1n) is 6.64. The summed E-state index contributed by atoms with van der Waals surface area (Å²) in [5.41, 5.74) is 4.12. The molecule has 0 amide bonds. The van der Waals surface area contributed by atoms with Gasteiger partial charge in [-0.05, 0) is 31.4 Å². The first-order valence-corrected chi connectivity index (χ1v) is 7.17. The normalized spacial score (nSPS) is 11.3. The Labute approximate surface area is 122 Å². The average molecular weight is 290 g/mol. The van der Waals surface area contributed by atoms with Crippen LogP contribution in [0.25, 0.3) is 5.65 Å². The van der Waals surface area contributed by atoms with Crippen molar-refractivity contribution in [3.63, 3.8) is 0 Å². The minimum Gasteiger partial charge on any atom is -0.306 e. The van der Waals surface area contributed by atoms with Crippen molar-refractivity contribution in [2.24, 2.45) is 0 Å². The number of alkyl halides is 1. The van der Waals surface area contributed by atoms with Gasteiger partial charge in [0.15, 0.2) is 0 Å². The van der Waals surface area contributed by atoms with Gasteiger partial charge in [-0.1, -0.05) is 11.3 Å². The van der Waals surface area contributed by atoms with Gasteiger partial charge in [0.2, 0.25) is 0 Å². The van der Waals surface area contributed by atoms with Gasteiger partial charge in [0.25, 0.3) is 0 Å². The predicted octanol–water partition coefficient (Wildman–Crippen LogP) is 2.45. The minimum atomic E-state index is 0.634. The molecule has 5 nitrogen and oxygen atoms in total. The van der Waals surface area contributed by atoms with E-state index in [1.165, 1.54) is 5.56 Å². The lowest BCUT2D eigenvalue weighted by atomic mass is 10.3. The molecule has 0 saturated heterocycles. The fraction of sp³-hybridized carbons (Fsp3) is 0.357. The van der Waals surface area contributed by atoms with Gasteiger partial charge in [0.1, 0.15) is 5.65 Å². The van der Waals surface area contributed by atoms with E-state index in [2.05, 4.69) is 34.5 Å². The van der Waals surface area contributed by atoms with Gasteiger partial charge in [0, 0.05) is 24.5 Å². The maximum Gasteiger partial charge on any atom is 0.137 e. The molecule has 3 aromatic heterocycles. The van der Waals surface area contributed by atoms with E-state index in [1.54, 1.807) is 0 Å². The van der Waals surface area contributed by atoms with Crippen LogP contribution in [-0.4, -0.2) is 30.3 Å². The first-order chi connectivity index (χ1) is 9.74. The Hall–Kier alpha value is -1.88. The molecular formula is C14H16ClN5. The van der Waals surface area contributed by atoms with Crippen LogP contribution in [0.3, 0.4) is 0 Å². The summed E-state index contributed by atoms with van der Waals surface area (Å²) in [6.07, 6.45) is 7.85. The molecular weight excluding hydrogens is 274 g/mol. The van der Waals surface area contributed by atoms with Crippen LogP contribution in [0.5, 0.6) is 0 Å². The maximum absolute atomic E-state index is 5.68. The molecule has 0 bridgehead atoms. The van der Waals surface area contributed by atoms with Gasteiger partial charge < -0.3 is 4.40 Å². The molecule has 3 aromatic rings. The molecule has 104 valence electrons. The zero-order valence-corrected chi connectivity index (χ0v) is 12.1. The van der Waals surface area contributed by atoms with Crippen molar-refractivity contribution in [1.82, 2.24) is 24.4 Å². The number of aryl methyl sites for hydroxylation is 2. The third-order valence-electron chi connectivity index (χ3n) is 3.13. The molecule has 20 heavy (non-hydrogen) atoms. The SMILES string of the molecule is Cc1ccc2nc(Cn3cc(CCCCl)nn3)cn2c1. The molecule has 3 heterocycles. The van der Waals surface area contributed by atoms with E-state index >= 15 is 0 Å². The summed E-state index contributed by atoms with van der Waals surface area (Å²) >= 11 is 5.68. The smallest absolute Gasteiger partial charge is 0.137 e. The van der Waals surface area contributed by atoms with Gasteiger partial charge in [-0.25, -0.2) is 9.67 Å². The minimum absolute atomic E-state index is 0.634. The summed E-state index contributed by atoms with van der Waals surface area (Å²) in [4.78, 5) is 4.57. The van der Waals surface area contributed by atoms with Crippen LogP contribution in [-0.2, 0) is 13.0 Å². The Morgan fingerprint density at radius 2 is 2.05 bits per heavy atom. The second kappa shape index (κ2) is 5.63. The molecule has 0 spiro atoms. The Morgan fingerprint density at radius 3 is 2.90 bits per heavy atom. The number of imidazole rings is 1. The average Bonchev–Trinajstić information content (AvgIpc) is 3.02. The monoisotopic (exact) mass is 289 g/mol. The summed E-state index contributed by atoms with van der Waals surface area (Å²) in [7, 11) is 0. The molecule has 0 saturated carbocycles. The third kappa shape index (κ3) is 2.82. The fourth-order valence-corrected chi connectivity index (χ4v) is 2.31. The molecule has 0 aliphatic heterocycles. The van der Waals surface area contributed by atoms with Crippen LogP contribution < -0.4 is 0 Å². The molecule has 0 atom stereocenters. The summed E-state index contributed by atoms with van der Waals surface area (Å²) in [5.74, 6) is 0.651. The number of pyridine rings is 1. The molecule has 0 N–H and O–H groups in total. The number of rotatable bonds is 5. The second-order valence-electron chi connectivity index (χ2n) is 4.90. The van der Waals surface area contributed by atoms with Crippen molar-refractivity contribution in [2.75, 3.05) is 5.88 Å². The van der Waals surface area contributed by atoms with E-state index in [1.807, 2.05) is 27.5 Å². The Kier molecular flexibility index (Phi) is 3.69. The topological polar surface area (TPSA) is 48.0 Å². The van der Waals surface area contributed by atoms with Crippen molar-refractivity contribution < 1.29 is 0 Å². The number of nitrogens with zero attached hydrogens (tertiary/aromatic N) is 5. The highest BCUT2D eigenvalue weighted by Crippen LogP contribution is 2.09. The van der Waals surface area contributed by atoms with Crippen molar-refractivity contribution in [3.05, 3.63) is 47.7 Å². The molecule has 3 rings (SSSR count). The number of halogens is 1. The Bertz CT molecular complexity index is 715. The lowest BCUT2D eigenvalue weighted by Gasteiger charge is -1.94. The van der Waals surface area contributed by atoms with Crippen molar-refractivity contribution in [1.29, 1.82) is 0 Å². The van der Waals surface area contributed by atoms with Gasteiger partial charge in [-0.2, -0.15) is 0 Å². The summed E-state index contributed by atoms with van der Waals surface area (Å²) in [6, 6.07) is 4.08. The van der Waals surface area contributed by atoms with Gasteiger partial charge in [0.05, 0.1) is 17.9 Å². The van der Waals surface area contributed by atoms with Crippen LogP contribution in [0, 0.1) is 6.92 Å². The molecule has 0 fully saturated rings. The van der Waals surface area contributed by atoms with E-state index in [4.69, 9.17) is 11.6 Å². The zero-order chi connectivity index (χ0) is 13.9. The van der Waals surface area contributed by atoms with E-state index in [0.717, 1.165) is 29.9 Å². The molecule has 0 aromatic carbocycles. The van der Waals surface area contributed by atoms with Crippen LogP contribution in [0.1, 0.15) is 23.4 Å². The van der Waals surface area contributed by atoms with E-state index in [9.17, 15) is 0 Å². The Morgan fingerprint density at radius 1 is 1.15 bits per heavy atom. The molecule has 0 aliphatic carbocycles. The summed E-state index contributed by atoms with van der Waals surface area (Å²) in [5, 5.41) is 8.26. The maximum atomic E-state index is 5.68. The van der Waals surface area contributed by atoms with Crippen LogP contribution in [0.4, 0.5) is 0 Å². The lowest BCUT2D eigenvalue weighted by Crippen LogP contribution is -2.00. The van der Waals surface area contributed by atoms with Gasteiger partial charge in [-0.3, -0.25) is 0 Å². The van der Waals surface area contributed by atoms with Gasteiger partial charge >= 0.3 is 0 Å². The van der Waals surface area contributed by atoms with Crippen LogP contribution in [0.15, 0.2) is 30.7 Å². The lowest BCUT2D eigenvalue weighted by molar-refractivity contribution is 0.640. The largest absolute Gasteiger partial charge is 0.306 e.